The first-order valence-electron chi connectivity index (χ1n) is 7.33. The number of hydrogen-bond acceptors (Lipinski definition) is 2. The van der Waals surface area contributed by atoms with E-state index in [-0.39, 0.29) is 11.9 Å². The van der Waals surface area contributed by atoms with Gasteiger partial charge in [-0.3, -0.25) is 0 Å². The number of ether oxygens (including phenoxy) is 1. The van der Waals surface area contributed by atoms with Crippen molar-refractivity contribution in [3.05, 3.63) is 65.0 Å². The van der Waals surface area contributed by atoms with Crippen molar-refractivity contribution in [2.24, 2.45) is 5.73 Å². The van der Waals surface area contributed by atoms with Crippen LogP contribution in [0.15, 0.2) is 42.5 Å². The number of nitrogens with two attached hydrogens (primary N) is 1. The largest absolute Gasteiger partial charge is 0.491 e. The summed E-state index contributed by atoms with van der Waals surface area (Å²) in [5.74, 6) is 0.251. The summed E-state index contributed by atoms with van der Waals surface area (Å²) in [4.78, 5) is 0. The first-order chi connectivity index (χ1) is 10.1. The molecule has 0 fully saturated rings. The summed E-state index contributed by atoms with van der Waals surface area (Å²) in [7, 11) is 0. The second-order valence-corrected chi connectivity index (χ2v) is 5.32. The molecule has 0 spiro atoms. The first-order valence-corrected chi connectivity index (χ1v) is 7.33. The lowest BCUT2D eigenvalue weighted by Crippen LogP contribution is -2.19. The Bertz CT molecular complexity index is 580. The molecule has 0 radical (unpaired) electrons. The van der Waals surface area contributed by atoms with Gasteiger partial charge < -0.3 is 10.5 Å². The lowest BCUT2D eigenvalue weighted by Gasteiger charge is -2.15. The van der Waals surface area contributed by atoms with Crippen molar-refractivity contribution in [1.82, 2.24) is 0 Å². The molecule has 1 unspecified atom stereocenters. The second-order valence-electron chi connectivity index (χ2n) is 5.32. The maximum absolute atomic E-state index is 13.2. The Kier molecular flexibility index (Phi) is 5.34. The van der Waals surface area contributed by atoms with E-state index < -0.39 is 0 Å². The van der Waals surface area contributed by atoms with E-state index in [9.17, 15) is 4.39 Å². The Morgan fingerprint density at radius 1 is 1.14 bits per heavy atom. The number of rotatable bonds is 6. The van der Waals surface area contributed by atoms with Gasteiger partial charge in [0.25, 0.3) is 0 Å². The highest BCUT2D eigenvalue weighted by atomic mass is 19.1. The molecule has 0 heterocycles. The van der Waals surface area contributed by atoms with Gasteiger partial charge in [-0.25, -0.2) is 4.39 Å². The molecule has 3 heteroatoms. The number of aryl methyl sites for hydroxylation is 2. The molecular formula is C18H22FNO. The predicted molar refractivity (Wildman–Crippen MR) is 84.0 cm³/mol. The topological polar surface area (TPSA) is 35.2 Å². The molecule has 2 aromatic carbocycles. The minimum absolute atomic E-state index is 0.219. The molecular weight excluding hydrogens is 265 g/mol. The van der Waals surface area contributed by atoms with Crippen molar-refractivity contribution < 1.29 is 9.13 Å². The third kappa shape index (κ3) is 4.30. The summed E-state index contributed by atoms with van der Waals surface area (Å²) in [5, 5.41) is 0. The van der Waals surface area contributed by atoms with Crippen LogP contribution >= 0.6 is 0 Å². The van der Waals surface area contributed by atoms with E-state index in [1.807, 2.05) is 19.1 Å². The van der Waals surface area contributed by atoms with Gasteiger partial charge in [0, 0.05) is 6.07 Å². The summed E-state index contributed by atoms with van der Waals surface area (Å²) in [6.45, 7) is 4.38. The summed E-state index contributed by atoms with van der Waals surface area (Å²) in [6.07, 6.45) is 2.21. The Labute approximate surface area is 125 Å². The molecule has 0 aliphatic heterocycles. The lowest BCUT2D eigenvalue weighted by atomic mass is 10.0. The average molecular weight is 287 g/mol. The molecule has 0 bridgehead atoms. The van der Waals surface area contributed by atoms with E-state index in [2.05, 4.69) is 19.1 Å². The van der Waals surface area contributed by atoms with Gasteiger partial charge in [-0.2, -0.15) is 0 Å². The fourth-order valence-corrected chi connectivity index (χ4v) is 2.23. The van der Waals surface area contributed by atoms with E-state index in [1.54, 1.807) is 6.07 Å². The Morgan fingerprint density at radius 3 is 2.52 bits per heavy atom. The van der Waals surface area contributed by atoms with Crippen LogP contribution in [0.1, 0.15) is 36.1 Å². The van der Waals surface area contributed by atoms with Crippen LogP contribution in [0.4, 0.5) is 4.39 Å². The molecule has 0 aliphatic rings. The summed E-state index contributed by atoms with van der Waals surface area (Å²) in [5.41, 5.74) is 9.39. The van der Waals surface area contributed by atoms with Gasteiger partial charge in [-0.05, 0) is 36.1 Å². The van der Waals surface area contributed by atoms with Crippen LogP contribution in [0.2, 0.25) is 0 Å². The monoisotopic (exact) mass is 287 g/mol. The zero-order valence-corrected chi connectivity index (χ0v) is 12.6. The van der Waals surface area contributed by atoms with Gasteiger partial charge in [0.1, 0.15) is 18.2 Å². The van der Waals surface area contributed by atoms with Crippen molar-refractivity contribution in [1.29, 1.82) is 0 Å². The SMILES string of the molecule is CCCc1ccc(C(N)COc2cc(F)ccc2C)cc1. The average Bonchev–Trinajstić information content (AvgIpc) is 2.49. The molecule has 21 heavy (non-hydrogen) atoms. The zero-order valence-electron chi connectivity index (χ0n) is 12.6. The predicted octanol–water partition coefficient (Wildman–Crippen LogP) is 4.17. The van der Waals surface area contributed by atoms with Crippen LogP contribution in [0, 0.1) is 12.7 Å². The molecule has 2 rings (SSSR count). The molecule has 2 aromatic rings. The Morgan fingerprint density at radius 2 is 1.86 bits per heavy atom. The third-order valence-corrected chi connectivity index (χ3v) is 3.52. The molecule has 0 amide bonds. The summed E-state index contributed by atoms with van der Waals surface area (Å²) < 4.78 is 18.8. The quantitative estimate of drug-likeness (QED) is 0.865. The highest BCUT2D eigenvalue weighted by Gasteiger charge is 2.09. The van der Waals surface area contributed by atoms with E-state index in [0.29, 0.717) is 12.4 Å². The standard InChI is InChI=1S/C18H22FNO/c1-3-4-14-6-8-15(9-7-14)17(20)12-21-18-11-16(19)10-5-13(18)2/h5-11,17H,3-4,12,20H2,1-2H3. The van der Waals surface area contributed by atoms with Crippen molar-refractivity contribution in [3.63, 3.8) is 0 Å². The van der Waals surface area contributed by atoms with Crippen LogP contribution in [0.25, 0.3) is 0 Å². The number of halogens is 1. The van der Waals surface area contributed by atoms with Crippen LogP contribution in [0.5, 0.6) is 5.75 Å². The third-order valence-electron chi connectivity index (χ3n) is 3.52. The van der Waals surface area contributed by atoms with Gasteiger partial charge in [0.2, 0.25) is 0 Å². The molecule has 2 nitrogen and oxygen atoms in total. The second kappa shape index (κ2) is 7.23. The smallest absolute Gasteiger partial charge is 0.126 e. The van der Waals surface area contributed by atoms with E-state index in [4.69, 9.17) is 10.5 Å². The highest BCUT2D eigenvalue weighted by molar-refractivity contribution is 5.33. The van der Waals surface area contributed by atoms with E-state index >= 15 is 0 Å². The van der Waals surface area contributed by atoms with Crippen LogP contribution in [-0.2, 0) is 6.42 Å². The number of benzene rings is 2. The summed E-state index contributed by atoms with van der Waals surface area (Å²) >= 11 is 0. The van der Waals surface area contributed by atoms with Crippen molar-refractivity contribution in [2.75, 3.05) is 6.61 Å². The Hall–Kier alpha value is -1.87. The molecule has 112 valence electrons. The maximum atomic E-state index is 13.2. The van der Waals surface area contributed by atoms with Gasteiger partial charge in [-0.15, -0.1) is 0 Å². The molecule has 0 aromatic heterocycles. The molecule has 0 saturated heterocycles. The van der Waals surface area contributed by atoms with Crippen molar-refractivity contribution >= 4 is 0 Å². The highest BCUT2D eigenvalue weighted by Crippen LogP contribution is 2.21. The molecule has 0 saturated carbocycles. The minimum atomic E-state index is -0.298. The molecule has 0 aliphatic carbocycles. The maximum Gasteiger partial charge on any atom is 0.126 e. The van der Waals surface area contributed by atoms with Crippen LogP contribution < -0.4 is 10.5 Å². The molecule has 2 N–H and O–H groups in total. The fraction of sp³-hybridized carbons (Fsp3) is 0.333. The van der Waals surface area contributed by atoms with Crippen molar-refractivity contribution in [2.45, 2.75) is 32.7 Å². The van der Waals surface area contributed by atoms with Gasteiger partial charge in [-0.1, -0.05) is 43.7 Å². The van der Waals surface area contributed by atoms with Crippen molar-refractivity contribution in [3.8, 4) is 5.75 Å². The molecule has 1 atom stereocenters. The first kappa shape index (κ1) is 15.5. The fourth-order valence-electron chi connectivity index (χ4n) is 2.23. The van der Waals surface area contributed by atoms with Gasteiger partial charge >= 0.3 is 0 Å². The van der Waals surface area contributed by atoms with E-state index in [0.717, 1.165) is 24.0 Å². The minimum Gasteiger partial charge on any atom is -0.491 e. The van der Waals surface area contributed by atoms with Gasteiger partial charge in [0.05, 0.1) is 6.04 Å². The van der Waals surface area contributed by atoms with Crippen LogP contribution in [0.3, 0.4) is 0 Å². The van der Waals surface area contributed by atoms with Gasteiger partial charge in [0.15, 0.2) is 0 Å². The Balaban J connectivity index is 1.97. The number of hydrogen-bond donors (Lipinski definition) is 1. The van der Waals surface area contributed by atoms with Crippen LogP contribution in [-0.4, -0.2) is 6.61 Å². The zero-order chi connectivity index (χ0) is 15.2. The van der Waals surface area contributed by atoms with E-state index in [1.165, 1.54) is 17.7 Å². The lowest BCUT2D eigenvalue weighted by molar-refractivity contribution is 0.287. The summed E-state index contributed by atoms with van der Waals surface area (Å²) in [6, 6.07) is 12.6. The normalized spacial score (nSPS) is 12.2.